The summed E-state index contributed by atoms with van der Waals surface area (Å²) >= 11 is 0. The van der Waals surface area contributed by atoms with Gasteiger partial charge in [0.25, 0.3) is 5.91 Å². The van der Waals surface area contributed by atoms with Gasteiger partial charge in [0, 0.05) is 24.0 Å². The number of carbonyl (C=O) groups excluding carboxylic acids is 1. The largest absolute Gasteiger partial charge is 0.408 e. The summed E-state index contributed by atoms with van der Waals surface area (Å²) in [7, 11) is 0. The molecule has 8 nitrogen and oxygen atoms in total. The number of fused-ring (bicyclic) bond motifs is 1. The molecule has 1 atom stereocenters. The number of anilines is 2. The molecule has 0 saturated heterocycles. The summed E-state index contributed by atoms with van der Waals surface area (Å²) in [6.45, 7) is 0. The lowest BCUT2D eigenvalue weighted by Crippen LogP contribution is -2.32. The molecule has 28 heavy (non-hydrogen) atoms. The van der Waals surface area contributed by atoms with Crippen molar-refractivity contribution in [1.29, 1.82) is 5.26 Å². The molecule has 3 aromatic rings. The molecule has 0 spiro atoms. The lowest BCUT2D eigenvalue weighted by molar-refractivity contribution is -0.116. The van der Waals surface area contributed by atoms with Crippen LogP contribution >= 0.6 is 0 Å². The first-order chi connectivity index (χ1) is 13.7. The van der Waals surface area contributed by atoms with E-state index < -0.39 is 6.17 Å². The summed E-state index contributed by atoms with van der Waals surface area (Å²) in [4.78, 5) is 17.4. The lowest BCUT2D eigenvalue weighted by Gasteiger charge is -2.11. The summed E-state index contributed by atoms with van der Waals surface area (Å²) in [6.07, 6.45) is -0.324. The second-order valence-electron chi connectivity index (χ2n) is 6.08. The fourth-order valence-electron chi connectivity index (χ4n) is 2.87. The number of aromatic nitrogens is 2. The molecule has 2 N–H and O–H groups in total. The topological polar surface area (TPSA) is 116 Å². The van der Waals surface area contributed by atoms with Gasteiger partial charge in [0.2, 0.25) is 12.1 Å². The Morgan fingerprint density at radius 2 is 1.89 bits per heavy atom. The Balaban J connectivity index is 1.69. The summed E-state index contributed by atoms with van der Waals surface area (Å²) < 4.78 is 5.46. The van der Waals surface area contributed by atoms with Crippen LogP contribution < -0.4 is 10.6 Å². The number of nitrogens with one attached hydrogen (secondary N) is 2. The third kappa shape index (κ3) is 3.59. The third-order valence-corrected chi connectivity index (χ3v) is 4.17. The number of nitriles is 1. The van der Waals surface area contributed by atoms with E-state index in [9.17, 15) is 4.79 Å². The highest BCUT2D eigenvalue weighted by atomic mass is 16.4. The maximum Gasteiger partial charge on any atom is 0.317 e. The first-order valence-electron chi connectivity index (χ1n) is 8.74. The Labute approximate surface area is 160 Å². The summed E-state index contributed by atoms with van der Waals surface area (Å²) in [5, 5.41) is 22.2. The second kappa shape index (κ2) is 7.72. The van der Waals surface area contributed by atoms with Gasteiger partial charge in [-0.2, -0.15) is 5.26 Å². The van der Waals surface area contributed by atoms with E-state index in [1.54, 1.807) is 0 Å². The van der Waals surface area contributed by atoms with Gasteiger partial charge in [-0.1, -0.05) is 53.6 Å². The number of hydrogen-bond donors (Lipinski definition) is 2. The van der Waals surface area contributed by atoms with Crippen molar-refractivity contribution >= 4 is 23.3 Å². The van der Waals surface area contributed by atoms with Crippen LogP contribution in [0.15, 0.2) is 64.0 Å². The Morgan fingerprint density at radius 3 is 2.71 bits per heavy atom. The van der Waals surface area contributed by atoms with Crippen molar-refractivity contribution in [2.24, 2.45) is 4.99 Å². The number of para-hydroxylation sites is 1. The molecular formula is C20H16N6O2. The van der Waals surface area contributed by atoms with Crippen molar-refractivity contribution in [2.45, 2.75) is 19.0 Å². The maximum atomic E-state index is 12.7. The maximum absolute atomic E-state index is 12.7. The zero-order valence-electron chi connectivity index (χ0n) is 14.8. The molecule has 1 amide bonds. The monoisotopic (exact) mass is 372 g/mol. The molecule has 0 saturated carbocycles. The number of benzodiazepines with no additional fused rings is 1. The number of rotatable bonds is 5. The minimum Gasteiger partial charge on any atom is -0.408 e. The first kappa shape index (κ1) is 17.4. The van der Waals surface area contributed by atoms with Crippen LogP contribution in [0.3, 0.4) is 0 Å². The Hall–Kier alpha value is -3.99. The molecule has 1 aromatic heterocycles. The smallest absolute Gasteiger partial charge is 0.317 e. The molecule has 1 aliphatic rings. The third-order valence-electron chi connectivity index (χ3n) is 4.17. The number of benzene rings is 2. The van der Waals surface area contributed by atoms with Crippen LogP contribution in [-0.2, 0) is 11.2 Å². The van der Waals surface area contributed by atoms with E-state index in [-0.39, 0.29) is 18.3 Å². The number of nitrogens with zero attached hydrogens (tertiary/aromatic N) is 4. The van der Waals surface area contributed by atoms with E-state index in [1.165, 1.54) is 0 Å². The van der Waals surface area contributed by atoms with Gasteiger partial charge in [0.1, 0.15) is 0 Å². The van der Waals surface area contributed by atoms with Crippen molar-refractivity contribution in [3.05, 3.63) is 71.6 Å². The molecule has 0 aliphatic carbocycles. The summed E-state index contributed by atoms with van der Waals surface area (Å²) in [6, 6.07) is 19.2. The van der Waals surface area contributed by atoms with Crippen LogP contribution in [0.1, 0.15) is 23.4 Å². The van der Waals surface area contributed by atoms with Crippen molar-refractivity contribution in [3.8, 4) is 6.07 Å². The number of carbonyl (C=O) groups is 1. The minimum absolute atomic E-state index is 0.0789. The summed E-state index contributed by atoms with van der Waals surface area (Å²) in [5.41, 5.74) is 3.07. The van der Waals surface area contributed by atoms with E-state index >= 15 is 0 Å². The molecular weight excluding hydrogens is 356 g/mol. The standard InChI is InChI=1S/C20H16N6O2/c21-12-6-11-16-25-26-20(28-16)24-18-19(27)22-15-10-5-4-9-14(15)17(23-18)13-7-2-1-3-8-13/h1-5,7-10,18H,6,11H2,(H,22,27)(H,24,26). The van der Waals surface area contributed by atoms with E-state index in [1.807, 2.05) is 60.7 Å². The highest BCUT2D eigenvalue weighted by Crippen LogP contribution is 2.24. The minimum atomic E-state index is -0.952. The van der Waals surface area contributed by atoms with Gasteiger partial charge in [0.15, 0.2) is 0 Å². The zero-order chi connectivity index (χ0) is 19.3. The normalized spacial score (nSPS) is 15.6. The average Bonchev–Trinajstić information content (AvgIpc) is 3.12. The van der Waals surface area contributed by atoms with E-state index in [0.29, 0.717) is 23.7 Å². The Bertz CT molecular complexity index is 1070. The molecule has 1 unspecified atom stereocenters. The highest BCUT2D eigenvalue weighted by molar-refractivity contribution is 6.19. The predicted molar refractivity (Wildman–Crippen MR) is 103 cm³/mol. The van der Waals surface area contributed by atoms with Crippen LogP contribution in [0.2, 0.25) is 0 Å². The number of hydrogen-bond acceptors (Lipinski definition) is 7. The van der Waals surface area contributed by atoms with Crippen LogP contribution in [0.25, 0.3) is 0 Å². The second-order valence-corrected chi connectivity index (χ2v) is 6.08. The van der Waals surface area contributed by atoms with E-state index in [4.69, 9.17) is 9.68 Å². The molecule has 2 heterocycles. The van der Waals surface area contributed by atoms with Crippen molar-refractivity contribution < 1.29 is 9.21 Å². The molecule has 8 heteroatoms. The number of amides is 1. The SMILES string of the molecule is N#CCCc1nnc(NC2N=C(c3ccccc3)c3ccccc3NC2=O)o1. The molecule has 138 valence electrons. The van der Waals surface area contributed by atoms with Crippen LogP contribution in [0, 0.1) is 11.3 Å². The van der Waals surface area contributed by atoms with Gasteiger partial charge >= 0.3 is 6.01 Å². The predicted octanol–water partition coefficient (Wildman–Crippen LogP) is 2.75. The fraction of sp³-hybridized carbons (Fsp3) is 0.150. The van der Waals surface area contributed by atoms with Crippen LogP contribution in [0.4, 0.5) is 11.7 Å². The zero-order valence-corrected chi connectivity index (χ0v) is 14.8. The molecule has 2 aromatic carbocycles. The van der Waals surface area contributed by atoms with Crippen molar-refractivity contribution in [3.63, 3.8) is 0 Å². The first-order valence-corrected chi connectivity index (χ1v) is 8.74. The van der Waals surface area contributed by atoms with E-state index in [2.05, 4.69) is 25.8 Å². The number of aryl methyl sites for hydroxylation is 1. The average molecular weight is 372 g/mol. The molecule has 1 aliphatic heterocycles. The fourth-order valence-corrected chi connectivity index (χ4v) is 2.87. The molecule has 4 rings (SSSR count). The van der Waals surface area contributed by atoms with Crippen molar-refractivity contribution in [2.75, 3.05) is 10.6 Å². The van der Waals surface area contributed by atoms with Gasteiger partial charge in [0.05, 0.1) is 17.5 Å². The van der Waals surface area contributed by atoms with Gasteiger partial charge in [-0.15, -0.1) is 5.10 Å². The molecule has 0 bridgehead atoms. The van der Waals surface area contributed by atoms with Crippen molar-refractivity contribution in [1.82, 2.24) is 10.2 Å². The van der Waals surface area contributed by atoms with Gasteiger partial charge < -0.3 is 15.1 Å². The molecule has 0 fully saturated rings. The van der Waals surface area contributed by atoms with Gasteiger partial charge in [-0.3, -0.25) is 4.79 Å². The Kier molecular flexibility index (Phi) is 4.80. The summed E-state index contributed by atoms with van der Waals surface area (Å²) in [5.74, 6) is -0.0104. The van der Waals surface area contributed by atoms with Crippen LogP contribution in [0.5, 0.6) is 0 Å². The highest BCUT2D eigenvalue weighted by Gasteiger charge is 2.26. The Morgan fingerprint density at radius 1 is 1.11 bits per heavy atom. The van der Waals surface area contributed by atoms with Gasteiger partial charge in [-0.25, -0.2) is 4.99 Å². The van der Waals surface area contributed by atoms with Crippen LogP contribution in [-0.4, -0.2) is 28.0 Å². The lowest BCUT2D eigenvalue weighted by atomic mass is 10.0. The van der Waals surface area contributed by atoms with E-state index in [0.717, 1.165) is 11.1 Å². The quantitative estimate of drug-likeness (QED) is 0.711. The number of aliphatic imine (C=N–C) groups is 1. The molecule has 0 radical (unpaired) electrons. The van der Waals surface area contributed by atoms with Gasteiger partial charge in [-0.05, 0) is 6.07 Å².